The van der Waals surface area contributed by atoms with Gasteiger partial charge in [0.1, 0.15) is 17.2 Å². The molecule has 3 nitrogen and oxygen atoms in total. The second-order valence-corrected chi connectivity index (χ2v) is 1.89. The quantitative estimate of drug-likeness (QED) is 0.518. The molecule has 2 N–H and O–H groups in total. The highest BCUT2D eigenvalue weighted by atomic mass is 19.1. The van der Waals surface area contributed by atoms with Crippen molar-refractivity contribution in [3.05, 3.63) is 23.9 Å². The van der Waals surface area contributed by atoms with Crippen LogP contribution in [0.15, 0.2) is 12.3 Å². The third-order valence-corrected chi connectivity index (χ3v) is 1.08. The highest BCUT2D eigenvalue weighted by Gasteiger charge is 2.18. The lowest BCUT2D eigenvalue weighted by molar-refractivity contribution is 0.420. The van der Waals surface area contributed by atoms with E-state index in [0.29, 0.717) is 12.3 Å². The van der Waals surface area contributed by atoms with Crippen LogP contribution in [0.1, 0.15) is 0 Å². The fraction of sp³-hybridized carbons (Fsp3) is 0. The van der Waals surface area contributed by atoms with Gasteiger partial charge in [0.15, 0.2) is 0 Å². The Hall–Kier alpha value is -1.01. The predicted molar refractivity (Wildman–Crippen MR) is 34.0 cm³/mol. The molecular formula is C5H4BF2NO2. The van der Waals surface area contributed by atoms with E-state index in [2.05, 4.69) is 4.98 Å². The van der Waals surface area contributed by atoms with E-state index < -0.39 is 24.3 Å². The lowest BCUT2D eigenvalue weighted by Crippen LogP contribution is -2.35. The second kappa shape index (κ2) is 2.94. The predicted octanol–water partition coefficient (Wildman–Crippen LogP) is -0.960. The lowest BCUT2D eigenvalue weighted by atomic mass is 9.85. The molecule has 58 valence electrons. The minimum Gasteiger partial charge on any atom is -0.422 e. The third-order valence-electron chi connectivity index (χ3n) is 1.08. The molecule has 0 unspecified atom stereocenters. The van der Waals surface area contributed by atoms with Gasteiger partial charge in [0.25, 0.3) is 0 Å². The highest BCUT2D eigenvalue weighted by molar-refractivity contribution is 6.57. The van der Waals surface area contributed by atoms with E-state index in [-0.39, 0.29) is 0 Å². The Kier molecular flexibility index (Phi) is 2.16. The van der Waals surface area contributed by atoms with Gasteiger partial charge in [-0.25, -0.2) is 8.78 Å². The number of halogens is 2. The maximum absolute atomic E-state index is 12.5. The zero-order chi connectivity index (χ0) is 8.43. The van der Waals surface area contributed by atoms with Gasteiger partial charge in [0, 0.05) is 6.07 Å². The number of nitrogens with zero attached hydrogens (tertiary/aromatic N) is 1. The lowest BCUT2D eigenvalue weighted by Gasteiger charge is -1.98. The minimum absolute atomic E-state index is 0.530. The van der Waals surface area contributed by atoms with Crippen LogP contribution in [0.5, 0.6) is 0 Å². The number of aromatic nitrogens is 1. The van der Waals surface area contributed by atoms with Crippen LogP contribution in [0.25, 0.3) is 0 Å². The molecule has 0 fully saturated rings. The highest BCUT2D eigenvalue weighted by Crippen LogP contribution is 1.96. The van der Waals surface area contributed by atoms with E-state index >= 15 is 0 Å². The van der Waals surface area contributed by atoms with Crippen LogP contribution in [0.2, 0.25) is 0 Å². The Morgan fingerprint density at radius 3 is 2.45 bits per heavy atom. The molecule has 0 saturated carbocycles. The maximum Gasteiger partial charge on any atom is 0.511 e. The number of rotatable bonds is 1. The molecule has 0 aliphatic rings. The smallest absolute Gasteiger partial charge is 0.422 e. The molecule has 0 bridgehead atoms. The van der Waals surface area contributed by atoms with Crippen LogP contribution in [-0.4, -0.2) is 22.2 Å². The summed E-state index contributed by atoms with van der Waals surface area (Å²) in [5, 5.41) is 16.9. The normalized spacial score (nSPS) is 9.82. The summed E-state index contributed by atoms with van der Waals surface area (Å²) in [6.07, 6.45) is 0.706. The van der Waals surface area contributed by atoms with Crippen molar-refractivity contribution in [3.63, 3.8) is 0 Å². The van der Waals surface area contributed by atoms with Gasteiger partial charge in [-0.1, -0.05) is 0 Å². The molecule has 11 heavy (non-hydrogen) atoms. The Labute approximate surface area is 61.5 Å². The van der Waals surface area contributed by atoms with E-state index in [9.17, 15) is 8.78 Å². The molecular weight excluding hydrogens is 155 g/mol. The fourth-order valence-electron chi connectivity index (χ4n) is 0.615. The summed E-state index contributed by atoms with van der Waals surface area (Å²) < 4.78 is 24.6. The van der Waals surface area contributed by atoms with Crippen molar-refractivity contribution in [3.8, 4) is 0 Å². The zero-order valence-corrected chi connectivity index (χ0v) is 5.33. The van der Waals surface area contributed by atoms with Crippen LogP contribution in [0.3, 0.4) is 0 Å². The summed E-state index contributed by atoms with van der Waals surface area (Å²) in [6, 6.07) is 0.530. The molecule has 0 aliphatic carbocycles. The van der Waals surface area contributed by atoms with Gasteiger partial charge in [0.05, 0.1) is 6.20 Å². The summed E-state index contributed by atoms with van der Waals surface area (Å²) in [5.74, 6) is -1.92. The van der Waals surface area contributed by atoms with Crippen molar-refractivity contribution in [2.45, 2.75) is 0 Å². The Bertz CT molecular complexity index is 269. The molecule has 1 aromatic heterocycles. The first-order valence-corrected chi connectivity index (χ1v) is 2.78. The van der Waals surface area contributed by atoms with Crippen LogP contribution in [0.4, 0.5) is 8.78 Å². The van der Waals surface area contributed by atoms with Crippen molar-refractivity contribution in [1.29, 1.82) is 0 Å². The Morgan fingerprint density at radius 1 is 1.36 bits per heavy atom. The summed E-state index contributed by atoms with van der Waals surface area (Å²) in [4.78, 5) is 3.13. The topological polar surface area (TPSA) is 53.4 Å². The molecule has 0 spiro atoms. The monoisotopic (exact) mass is 159 g/mol. The van der Waals surface area contributed by atoms with Gasteiger partial charge in [-0.3, -0.25) is 4.98 Å². The Morgan fingerprint density at radius 2 is 2.00 bits per heavy atom. The van der Waals surface area contributed by atoms with E-state index in [1.807, 2.05) is 0 Å². The average molecular weight is 159 g/mol. The summed E-state index contributed by atoms with van der Waals surface area (Å²) in [7, 11) is -2.00. The van der Waals surface area contributed by atoms with Crippen molar-refractivity contribution in [1.82, 2.24) is 4.98 Å². The van der Waals surface area contributed by atoms with Crippen molar-refractivity contribution >= 4 is 12.7 Å². The van der Waals surface area contributed by atoms with Gasteiger partial charge < -0.3 is 10.0 Å². The number of hydrogen-bond donors (Lipinski definition) is 2. The first-order chi connectivity index (χ1) is 5.11. The molecule has 1 aromatic rings. The SMILES string of the molecule is OB(O)c1ncc(F)cc1F. The first kappa shape index (κ1) is 8.09. The summed E-state index contributed by atoms with van der Waals surface area (Å²) in [6.45, 7) is 0. The van der Waals surface area contributed by atoms with Crippen molar-refractivity contribution < 1.29 is 18.8 Å². The van der Waals surface area contributed by atoms with Crippen molar-refractivity contribution in [2.75, 3.05) is 0 Å². The van der Waals surface area contributed by atoms with Gasteiger partial charge >= 0.3 is 7.12 Å². The van der Waals surface area contributed by atoms with Gasteiger partial charge in [0.2, 0.25) is 0 Å². The first-order valence-electron chi connectivity index (χ1n) is 2.78. The van der Waals surface area contributed by atoms with Gasteiger partial charge in [-0.15, -0.1) is 0 Å². The molecule has 6 heteroatoms. The van der Waals surface area contributed by atoms with E-state index in [1.165, 1.54) is 0 Å². The molecule has 1 rings (SSSR count). The molecule has 0 amide bonds. The molecule has 0 radical (unpaired) electrons. The largest absolute Gasteiger partial charge is 0.511 e. The molecule has 0 aromatic carbocycles. The number of pyridine rings is 1. The average Bonchev–Trinajstić information content (AvgIpc) is 1.85. The summed E-state index contributed by atoms with van der Waals surface area (Å²) >= 11 is 0. The van der Waals surface area contributed by atoms with Gasteiger partial charge in [-0.05, 0) is 0 Å². The van der Waals surface area contributed by atoms with Crippen molar-refractivity contribution in [2.24, 2.45) is 0 Å². The zero-order valence-electron chi connectivity index (χ0n) is 5.33. The molecule has 0 aliphatic heterocycles. The van der Waals surface area contributed by atoms with E-state index in [1.54, 1.807) is 0 Å². The maximum atomic E-state index is 12.5. The summed E-state index contributed by atoms with van der Waals surface area (Å²) in [5.41, 5.74) is -0.577. The van der Waals surface area contributed by atoms with Crippen LogP contribution in [-0.2, 0) is 0 Å². The molecule has 0 atom stereocenters. The molecule has 1 heterocycles. The van der Waals surface area contributed by atoms with Crippen LogP contribution < -0.4 is 5.59 Å². The van der Waals surface area contributed by atoms with Crippen LogP contribution in [0, 0.1) is 11.6 Å². The minimum atomic E-state index is -2.00. The van der Waals surface area contributed by atoms with E-state index in [4.69, 9.17) is 10.0 Å². The Balaban J connectivity index is 3.09. The standard InChI is InChI=1S/C5H4BF2NO2/c7-3-1-4(8)5(6(10)11)9-2-3/h1-2,10-11H. The van der Waals surface area contributed by atoms with Gasteiger partial charge in [-0.2, -0.15) is 0 Å². The molecule has 0 saturated heterocycles. The second-order valence-electron chi connectivity index (χ2n) is 1.89. The number of hydrogen-bond acceptors (Lipinski definition) is 3. The third kappa shape index (κ3) is 1.72. The van der Waals surface area contributed by atoms with E-state index in [0.717, 1.165) is 0 Å². The van der Waals surface area contributed by atoms with Crippen LogP contribution >= 0.6 is 0 Å². The fourth-order valence-corrected chi connectivity index (χ4v) is 0.615.